The van der Waals surface area contributed by atoms with Crippen molar-refractivity contribution in [3.05, 3.63) is 54.0 Å². The van der Waals surface area contributed by atoms with Crippen molar-refractivity contribution in [2.24, 2.45) is 5.92 Å². The summed E-state index contributed by atoms with van der Waals surface area (Å²) in [6, 6.07) is 13.0. The number of nitriles is 1. The minimum absolute atomic E-state index is 0.0613. The second-order valence-corrected chi connectivity index (χ2v) is 13.1. The van der Waals surface area contributed by atoms with E-state index >= 15 is 0 Å². The van der Waals surface area contributed by atoms with E-state index < -0.39 is 13.9 Å². The number of nitrogens with zero attached hydrogens (tertiary/aromatic N) is 4. The minimum atomic E-state index is -3.99. The van der Waals surface area contributed by atoms with Gasteiger partial charge in [0, 0.05) is 12.1 Å². The lowest BCUT2D eigenvalue weighted by atomic mass is 9.87. The second-order valence-electron chi connectivity index (χ2n) is 11.4. The summed E-state index contributed by atoms with van der Waals surface area (Å²) >= 11 is 0. The quantitative estimate of drug-likeness (QED) is 0.213. The molecule has 3 aromatic rings. The van der Waals surface area contributed by atoms with Crippen molar-refractivity contribution in [1.29, 1.82) is 5.26 Å². The molecule has 41 heavy (non-hydrogen) atoms. The van der Waals surface area contributed by atoms with Crippen LogP contribution in [0.15, 0.2) is 42.7 Å². The number of hydrogen-bond acceptors (Lipinski definition) is 9. The van der Waals surface area contributed by atoms with Gasteiger partial charge in [0.05, 0.1) is 25.3 Å². The molecule has 0 saturated carbocycles. The molecule has 0 aliphatic rings. The zero-order valence-corrected chi connectivity index (χ0v) is 25.4. The van der Waals surface area contributed by atoms with Crippen LogP contribution in [0.3, 0.4) is 0 Å². The lowest BCUT2D eigenvalue weighted by Crippen LogP contribution is -2.27. The fourth-order valence-corrected chi connectivity index (χ4v) is 5.38. The van der Waals surface area contributed by atoms with E-state index in [2.05, 4.69) is 35.9 Å². The summed E-state index contributed by atoms with van der Waals surface area (Å²) in [5.41, 5.74) is 8.52. The zero-order valence-electron chi connectivity index (χ0n) is 24.5. The number of ether oxygens (including phenoxy) is 1. The van der Waals surface area contributed by atoms with Crippen LogP contribution in [0.5, 0.6) is 5.75 Å². The largest absolute Gasteiger partial charge is 0.459 e. The molecule has 2 unspecified atom stereocenters. The topological polar surface area (TPSA) is 154 Å². The van der Waals surface area contributed by atoms with Crippen molar-refractivity contribution < 1.29 is 23.1 Å². The van der Waals surface area contributed by atoms with Gasteiger partial charge >= 0.3 is 7.75 Å². The maximum atomic E-state index is 13.9. The molecule has 0 saturated heterocycles. The Labute approximate surface area is 242 Å². The maximum Gasteiger partial charge on any atom is 0.459 e. The average Bonchev–Trinajstić information content (AvgIpc) is 3.34. The highest BCUT2D eigenvalue weighted by Crippen LogP contribution is 2.45. The number of anilines is 1. The van der Waals surface area contributed by atoms with Crippen molar-refractivity contribution in [2.45, 2.75) is 71.8 Å². The molecule has 0 bridgehead atoms. The van der Waals surface area contributed by atoms with Gasteiger partial charge in [-0.3, -0.25) is 9.32 Å². The first-order valence-electron chi connectivity index (χ1n) is 13.8. The molecule has 11 nitrogen and oxygen atoms in total. The number of carbonyl (C=O) groups is 1. The fourth-order valence-electron chi connectivity index (χ4n) is 4.04. The lowest BCUT2D eigenvalue weighted by Gasteiger charge is -2.24. The van der Waals surface area contributed by atoms with E-state index in [0.717, 1.165) is 17.7 Å². The smallest absolute Gasteiger partial charge is 0.413 e. The number of nitrogens with one attached hydrogen (secondary N) is 1. The van der Waals surface area contributed by atoms with Gasteiger partial charge in [0.15, 0.2) is 5.82 Å². The summed E-state index contributed by atoms with van der Waals surface area (Å²) in [5.74, 6) is 0.996. The highest BCUT2D eigenvalue weighted by molar-refractivity contribution is 7.52. The number of nitrogen functional groups attached to an aromatic ring is 1. The van der Waals surface area contributed by atoms with Gasteiger partial charge in [-0.1, -0.05) is 46.8 Å². The molecule has 1 aromatic carbocycles. The van der Waals surface area contributed by atoms with E-state index in [1.165, 1.54) is 6.33 Å². The number of hydrogen-bond donors (Lipinski definition) is 2. The Balaban J connectivity index is 1.72. The number of fused-ring (bicyclic) bond motifs is 1. The van der Waals surface area contributed by atoms with Crippen LogP contribution < -0.4 is 15.3 Å². The number of benzene rings is 1. The Kier molecular flexibility index (Phi) is 11.4. The number of rotatable bonds is 16. The lowest BCUT2D eigenvalue weighted by molar-refractivity contribution is -0.118. The fraction of sp³-hybridized carbons (Fsp3) is 0.517. The van der Waals surface area contributed by atoms with Crippen molar-refractivity contribution in [1.82, 2.24) is 19.7 Å². The number of aromatic nitrogens is 3. The van der Waals surface area contributed by atoms with Crippen molar-refractivity contribution in [3.8, 4) is 11.8 Å². The Morgan fingerprint density at radius 1 is 1.17 bits per heavy atom. The van der Waals surface area contributed by atoms with Crippen LogP contribution in [-0.2, 0) is 30.5 Å². The molecule has 0 aliphatic carbocycles. The van der Waals surface area contributed by atoms with Crippen LogP contribution >= 0.6 is 7.75 Å². The van der Waals surface area contributed by atoms with E-state index in [4.69, 9.17) is 24.8 Å². The summed E-state index contributed by atoms with van der Waals surface area (Å²) in [7, 11) is -3.99. The van der Waals surface area contributed by atoms with Gasteiger partial charge in [0.2, 0.25) is 0 Å². The van der Waals surface area contributed by atoms with Crippen LogP contribution in [0, 0.1) is 17.2 Å². The van der Waals surface area contributed by atoms with Crippen LogP contribution in [0.4, 0.5) is 5.82 Å². The molecule has 0 amide bonds. The highest BCUT2D eigenvalue weighted by Gasteiger charge is 2.29. The summed E-state index contributed by atoms with van der Waals surface area (Å²) in [5, 5.41) is 16.1. The summed E-state index contributed by atoms with van der Waals surface area (Å²) in [4.78, 5) is 16.5. The third kappa shape index (κ3) is 9.94. The van der Waals surface area contributed by atoms with E-state index in [0.29, 0.717) is 42.3 Å². The Morgan fingerprint density at radius 3 is 2.56 bits per heavy atom. The third-order valence-electron chi connectivity index (χ3n) is 6.51. The Morgan fingerprint density at radius 2 is 1.90 bits per heavy atom. The minimum Gasteiger partial charge on any atom is -0.413 e. The molecule has 3 rings (SSSR count). The molecule has 2 aromatic heterocycles. The number of aryl methyl sites for hydroxylation is 1. The molecular weight excluding hydrogens is 543 g/mol. The maximum absolute atomic E-state index is 13.9. The molecule has 2 heterocycles. The van der Waals surface area contributed by atoms with Crippen LogP contribution in [0.25, 0.3) is 5.52 Å². The summed E-state index contributed by atoms with van der Waals surface area (Å²) < 4.78 is 32.9. The molecule has 12 heteroatoms. The Hall–Kier alpha value is -3.29. The molecule has 2 atom stereocenters. The summed E-state index contributed by atoms with van der Waals surface area (Å²) in [6.45, 7) is 9.91. The highest BCUT2D eigenvalue weighted by atomic mass is 31.2. The molecule has 0 aliphatic heterocycles. The van der Waals surface area contributed by atoms with Crippen LogP contribution in [0.1, 0.15) is 65.1 Å². The van der Waals surface area contributed by atoms with Gasteiger partial charge in [0.25, 0.3) is 0 Å². The molecule has 0 spiro atoms. The first-order chi connectivity index (χ1) is 19.4. The van der Waals surface area contributed by atoms with Gasteiger partial charge in [-0.2, -0.15) is 10.4 Å². The molecule has 0 fully saturated rings. The molecular formula is C29H41N6O5P. The number of nitrogens with two attached hydrogens (primary N) is 1. The summed E-state index contributed by atoms with van der Waals surface area (Å²) in [6.07, 6.45) is 2.84. The predicted octanol–water partition coefficient (Wildman–Crippen LogP) is 5.25. The van der Waals surface area contributed by atoms with Gasteiger partial charge in [0.1, 0.15) is 30.0 Å². The van der Waals surface area contributed by atoms with E-state index in [1.807, 2.05) is 44.2 Å². The first-order valence-corrected chi connectivity index (χ1v) is 15.3. The van der Waals surface area contributed by atoms with Gasteiger partial charge in [-0.15, -0.1) is 0 Å². The second kappa shape index (κ2) is 14.6. The van der Waals surface area contributed by atoms with Crippen molar-refractivity contribution in [2.75, 3.05) is 25.5 Å². The van der Waals surface area contributed by atoms with Crippen LogP contribution in [0.2, 0.25) is 0 Å². The zero-order chi connectivity index (χ0) is 30.0. The SMILES string of the molecule is CC(C)CCC(=O)CNP(=O)(OCC(CCc1ccc2c(N)ncnn12)OCC#N)Oc1ccc(C(C)(C)C)cc1. The standard InChI is InChI=1S/C29H41N6O5P/c1-21(2)6-11-24(36)18-34-41(37,40-25-12-7-22(8-13-25)29(3,4)5)39-19-26(38-17-16-30)14-9-23-10-15-27-28(31)32-20-33-35(23)27/h7-8,10,12-13,15,20-21,26H,6,9,11,14,17-19H2,1-5H3,(H,34,37)(H2,31,32,33). The predicted molar refractivity (Wildman–Crippen MR) is 157 cm³/mol. The number of ketones is 1. The van der Waals surface area contributed by atoms with Gasteiger partial charge in [-0.25, -0.2) is 19.2 Å². The Bertz CT molecular complexity index is 1380. The number of Topliss-reactive ketones (excluding diaryl/α,β-unsaturated/α-hetero) is 1. The van der Waals surface area contributed by atoms with E-state index in [9.17, 15) is 9.36 Å². The normalized spacial score (nSPS) is 14.1. The van der Waals surface area contributed by atoms with Gasteiger partial charge in [-0.05, 0) is 60.4 Å². The third-order valence-corrected chi connectivity index (χ3v) is 8.00. The first kappa shape index (κ1) is 32.2. The monoisotopic (exact) mass is 584 g/mol. The van der Waals surface area contributed by atoms with Crippen molar-refractivity contribution >= 4 is 24.9 Å². The molecule has 222 valence electrons. The molecule has 0 radical (unpaired) electrons. The van der Waals surface area contributed by atoms with Gasteiger partial charge < -0.3 is 15.0 Å². The van der Waals surface area contributed by atoms with E-state index in [1.54, 1.807) is 16.6 Å². The van der Waals surface area contributed by atoms with Crippen LogP contribution in [-0.4, -0.2) is 46.2 Å². The average molecular weight is 585 g/mol. The number of carbonyl (C=O) groups excluding carboxylic acids is 1. The van der Waals surface area contributed by atoms with Crippen molar-refractivity contribution in [3.63, 3.8) is 0 Å². The molecule has 3 N–H and O–H groups in total. The van der Waals surface area contributed by atoms with E-state index in [-0.39, 0.29) is 31.0 Å².